The minimum absolute atomic E-state index is 1.07. The van der Waals surface area contributed by atoms with Crippen molar-refractivity contribution in [1.82, 2.24) is 0 Å². The van der Waals surface area contributed by atoms with Crippen molar-refractivity contribution in [2.24, 2.45) is 0 Å². The van der Waals surface area contributed by atoms with Crippen molar-refractivity contribution in [2.45, 2.75) is 26.7 Å². The summed E-state index contributed by atoms with van der Waals surface area (Å²) < 4.78 is 0. The molecule has 0 bridgehead atoms. The molecule has 5 rings (SSSR count). The Morgan fingerprint density at radius 3 is 2.04 bits per heavy atom. The topological polar surface area (TPSA) is 0 Å². The van der Waals surface area contributed by atoms with Gasteiger partial charge in [0.1, 0.15) is 0 Å². The zero-order valence-electron chi connectivity index (χ0n) is 16.5. The van der Waals surface area contributed by atoms with Crippen LogP contribution < -0.4 is 0 Å². The Hall–Kier alpha value is -3.12. The van der Waals surface area contributed by atoms with Crippen molar-refractivity contribution in [3.63, 3.8) is 0 Å². The predicted molar refractivity (Wildman–Crippen MR) is 122 cm³/mol. The van der Waals surface area contributed by atoms with Gasteiger partial charge in [-0.3, -0.25) is 0 Å². The van der Waals surface area contributed by atoms with E-state index in [1.165, 1.54) is 54.6 Å². The van der Waals surface area contributed by atoms with E-state index in [4.69, 9.17) is 0 Å². The zero-order valence-corrected chi connectivity index (χ0v) is 16.5. The van der Waals surface area contributed by atoms with Gasteiger partial charge in [-0.1, -0.05) is 84.9 Å². The van der Waals surface area contributed by atoms with Crippen molar-refractivity contribution in [1.29, 1.82) is 0 Å². The van der Waals surface area contributed by atoms with Gasteiger partial charge in [0, 0.05) is 0 Å². The summed E-state index contributed by atoms with van der Waals surface area (Å²) in [6, 6.07) is 31.4. The maximum absolute atomic E-state index is 2.39. The minimum atomic E-state index is 1.07. The molecule has 0 heteroatoms. The Balaban J connectivity index is 1.48. The van der Waals surface area contributed by atoms with Gasteiger partial charge in [-0.25, -0.2) is 0 Å². The van der Waals surface area contributed by atoms with Crippen LogP contribution in [0.3, 0.4) is 0 Å². The third-order valence-electron chi connectivity index (χ3n) is 6.00. The molecule has 5 aromatic rings. The Morgan fingerprint density at radius 2 is 1.18 bits per heavy atom. The lowest BCUT2D eigenvalue weighted by Crippen LogP contribution is -1.93. The molecular weight excluding hydrogens is 336 g/mol. The highest BCUT2D eigenvalue weighted by molar-refractivity contribution is 6.09. The summed E-state index contributed by atoms with van der Waals surface area (Å²) in [6.07, 6.45) is 2.14. The van der Waals surface area contributed by atoms with Crippen LogP contribution >= 0.6 is 0 Å². The molecule has 0 atom stereocenters. The van der Waals surface area contributed by atoms with Gasteiger partial charge in [0.15, 0.2) is 0 Å². The van der Waals surface area contributed by atoms with Crippen LogP contribution in [0.5, 0.6) is 0 Å². The highest BCUT2D eigenvalue weighted by Gasteiger charge is 2.06. The molecule has 136 valence electrons. The molecule has 0 aliphatic rings. The fraction of sp³-hybridized carbons (Fsp3) is 0.143. The molecule has 0 aromatic heterocycles. The van der Waals surface area contributed by atoms with Crippen molar-refractivity contribution >= 4 is 32.3 Å². The summed E-state index contributed by atoms with van der Waals surface area (Å²) >= 11 is 0. The lowest BCUT2D eigenvalue weighted by molar-refractivity contribution is 0.964. The molecule has 0 aliphatic carbocycles. The van der Waals surface area contributed by atoms with E-state index in [0.29, 0.717) is 0 Å². The van der Waals surface area contributed by atoms with Crippen LogP contribution in [-0.4, -0.2) is 0 Å². The van der Waals surface area contributed by atoms with Crippen LogP contribution in [0, 0.1) is 13.8 Å². The average molecular weight is 361 g/mol. The summed E-state index contributed by atoms with van der Waals surface area (Å²) in [7, 11) is 0. The van der Waals surface area contributed by atoms with E-state index < -0.39 is 0 Å². The van der Waals surface area contributed by atoms with Crippen LogP contribution in [0.2, 0.25) is 0 Å². The first kappa shape index (κ1) is 17.0. The maximum Gasteiger partial charge on any atom is -0.0103 e. The summed E-state index contributed by atoms with van der Waals surface area (Å²) in [5, 5.41) is 8.12. The Labute approximate surface area is 166 Å². The summed E-state index contributed by atoms with van der Waals surface area (Å²) in [5.74, 6) is 0. The van der Waals surface area contributed by atoms with E-state index in [0.717, 1.165) is 12.8 Å². The molecule has 0 N–H and O–H groups in total. The van der Waals surface area contributed by atoms with Crippen molar-refractivity contribution in [2.75, 3.05) is 0 Å². The Morgan fingerprint density at radius 1 is 0.464 bits per heavy atom. The number of aryl methyl sites for hydroxylation is 4. The SMILES string of the molecule is Cc1cccc2ccc(CCc3ccc4c(c3)c(C)cc3ccccc34)cc12. The second-order valence-electron chi connectivity index (χ2n) is 7.92. The number of hydrogen-bond donors (Lipinski definition) is 0. The zero-order chi connectivity index (χ0) is 19.1. The number of fused-ring (bicyclic) bond motifs is 4. The van der Waals surface area contributed by atoms with Crippen molar-refractivity contribution in [3.8, 4) is 0 Å². The molecule has 0 spiro atoms. The van der Waals surface area contributed by atoms with Gasteiger partial charge in [0.2, 0.25) is 0 Å². The number of rotatable bonds is 3. The Kier molecular flexibility index (Phi) is 4.13. The van der Waals surface area contributed by atoms with Crippen LogP contribution in [0.15, 0.2) is 84.9 Å². The first-order chi connectivity index (χ1) is 13.7. The number of benzene rings is 5. The molecule has 28 heavy (non-hydrogen) atoms. The largest absolute Gasteiger partial charge is 0.0616 e. The highest BCUT2D eigenvalue weighted by Crippen LogP contribution is 2.29. The second kappa shape index (κ2) is 6.80. The Bertz CT molecular complexity index is 1320. The van der Waals surface area contributed by atoms with Gasteiger partial charge in [0.25, 0.3) is 0 Å². The second-order valence-corrected chi connectivity index (χ2v) is 7.92. The molecule has 0 aliphatic heterocycles. The van der Waals surface area contributed by atoms with E-state index in [1.807, 2.05) is 0 Å². The van der Waals surface area contributed by atoms with E-state index in [2.05, 4.69) is 98.8 Å². The lowest BCUT2D eigenvalue weighted by atomic mass is 9.94. The average Bonchev–Trinajstić information content (AvgIpc) is 2.73. The summed E-state index contributed by atoms with van der Waals surface area (Å²) in [5.41, 5.74) is 5.54. The fourth-order valence-corrected chi connectivity index (χ4v) is 4.41. The van der Waals surface area contributed by atoms with Crippen LogP contribution in [0.25, 0.3) is 32.3 Å². The molecule has 0 radical (unpaired) electrons. The van der Waals surface area contributed by atoms with Crippen LogP contribution in [0.1, 0.15) is 22.3 Å². The monoisotopic (exact) mass is 360 g/mol. The van der Waals surface area contributed by atoms with E-state index in [-0.39, 0.29) is 0 Å². The van der Waals surface area contributed by atoms with E-state index >= 15 is 0 Å². The molecule has 0 saturated heterocycles. The maximum atomic E-state index is 2.39. The number of hydrogen-bond acceptors (Lipinski definition) is 0. The quantitative estimate of drug-likeness (QED) is 0.291. The summed E-state index contributed by atoms with van der Waals surface area (Å²) in [4.78, 5) is 0. The van der Waals surface area contributed by atoms with E-state index in [9.17, 15) is 0 Å². The molecule has 0 unspecified atom stereocenters. The lowest BCUT2D eigenvalue weighted by Gasteiger charge is -2.10. The molecule has 0 saturated carbocycles. The van der Waals surface area contributed by atoms with Crippen molar-refractivity contribution < 1.29 is 0 Å². The molecule has 0 amide bonds. The minimum Gasteiger partial charge on any atom is -0.0616 e. The van der Waals surface area contributed by atoms with Gasteiger partial charge >= 0.3 is 0 Å². The molecule has 0 heterocycles. The van der Waals surface area contributed by atoms with Gasteiger partial charge in [0.05, 0.1) is 0 Å². The molecule has 0 nitrogen and oxygen atoms in total. The van der Waals surface area contributed by atoms with Gasteiger partial charge < -0.3 is 0 Å². The smallest absolute Gasteiger partial charge is 0.0103 e. The third-order valence-corrected chi connectivity index (χ3v) is 6.00. The van der Waals surface area contributed by atoms with Gasteiger partial charge in [-0.05, 0) is 81.3 Å². The first-order valence-corrected chi connectivity index (χ1v) is 10.1. The third kappa shape index (κ3) is 2.96. The van der Waals surface area contributed by atoms with Crippen LogP contribution in [0.4, 0.5) is 0 Å². The van der Waals surface area contributed by atoms with Crippen LogP contribution in [-0.2, 0) is 12.8 Å². The fourth-order valence-electron chi connectivity index (χ4n) is 4.41. The van der Waals surface area contributed by atoms with Gasteiger partial charge in [-0.2, -0.15) is 0 Å². The molecule has 5 aromatic carbocycles. The molecular formula is C28H24. The standard InChI is InChI=1S/C28H24/c1-19-6-5-8-23-14-12-21(17-27(19)23)10-11-22-13-15-26-25-9-4-3-7-24(25)16-20(2)28(26)18-22/h3-9,12-18H,10-11H2,1-2H3. The first-order valence-electron chi connectivity index (χ1n) is 10.1. The van der Waals surface area contributed by atoms with Crippen molar-refractivity contribution in [3.05, 3.63) is 107 Å². The van der Waals surface area contributed by atoms with Gasteiger partial charge in [-0.15, -0.1) is 0 Å². The predicted octanol–water partition coefficient (Wildman–Crippen LogP) is 7.55. The van der Waals surface area contributed by atoms with E-state index in [1.54, 1.807) is 0 Å². The normalized spacial score (nSPS) is 11.5. The molecule has 0 fully saturated rings. The highest BCUT2D eigenvalue weighted by atomic mass is 14.1. The summed E-state index contributed by atoms with van der Waals surface area (Å²) in [6.45, 7) is 4.42.